The predicted molar refractivity (Wildman–Crippen MR) is 163 cm³/mol. The lowest BCUT2D eigenvalue weighted by Crippen LogP contribution is -2.48. The molecule has 12 heteroatoms. The van der Waals surface area contributed by atoms with E-state index in [4.69, 9.17) is 9.47 Å². The van der Waals surface area contributed by atoms with E-state index in [1.807, 2.05) is 13.8 Å². The van der Waals surface area contributed by atoms with Gasteiger partial charge in [0.05, 0.1) is 43.7 Å². The Morgan fingerprint density at radius 1 is 1.16 bits per heavy atom. The summed E-state index contributed by atoms with van der Waals surface area (Å²) in [5.74, 6) is -0.127. The van der Waals surface area contributed by atoms with E-state index in [2.05, 4.69) is 10.2 Å². The first-order valence-electron chi connectivity index (χ1n) is 14.8. The maximum Gasteiger partial charge on any atom is 0.242 e. The number of anilines is 1. The van der Waals surface area contributed by atoms with E-state index in [-0.39, 0.29) is 48.7 Å². The lowest BCUT2D eigenvalue weighted by molar-refractivity contribution is -0.134. The van der Waals surface area contributed by atoms with Crippen LogP contribution in [0.2, 0.25) is 0 Å². The van der Waals surface area contributed by atoms with Gasteiger partial charge in [-0.15, -0.1) is 0 Å². The number of aliphatic hydroxyl groups excluding tert-OH is 1. The minimum atomic E-state index is -3.79. The third-order valence-electron chi connectivity index (χ3n) is 8.13. The second kappa shape index (κ2) is 14.6. The van der Waals surface area contributed by atoms with E-state index in [9.17, 15) is 23.1 Å². The Bertz CT molecular complexity index is 1360. The fraction of sp³-hybridized carbons (Fsp3) is 0.548. The van der Waals surface area contributed by atoms with E-state index < -0.39 is 22.2 Å². The summed E-state index contributed by atoms with van der Waals surface area (Å²) in [6, 6.07) is 11.4. The number of ether oxygens (including phenoxy) is 2. The second-order valence-corrected chi connectivity index (χ2v) is 13.6. The van der Waals surface area contributed by atoms with Gasteiger partial charge in [-0.3, -0.25) is 14.5 Å². The van der Waals surface area contributed by atoms with Gasteiger partial charge in [0, 0.05) is 56.8 Å². The van der Waals surface area contributed by atoms with Crippen LogP contribution in [0.1, 0.15) is 31.4 Å². The molecule has 2 aliphatic heterocycles. The minimum Gasteiger partial charge on any atom is -0.488 e. The summed E-state index contributed by atoms with van der Waals surface area (Å²) in [5, 5.41) is 12.8. The van der Waals surface area contributed by atoms with Crippen molar-refractivity contribution in [3.05, 3.63) is 53.6 Å². The molecule has 2 aromatic rings. The van der Waals surface area contributed by atoms with Gasteiger partial charge >= 0.3 is 0 Å². The average Bonchev–Trinajstić information content (AvgIpc) is 3.03. The number of hydrogen-bond donors (Lipinski definition) is 2. The molecule has 2 amide bonds. The molecule has 236 valence electrons. The molecule has 0 radical (unpaired) electrons. The van der Waals surface area contributed by atoms with Crippen LogP contribution in [0.15, 0.2) is 47.4 Å². The molecule has 3 atom stereocenters. The van der Waals surface area contributed by atoms with Crippen molar-refractivity contribution >= 4 is 27.5 Å². The SMILES string of the molecule is Cc1ccc(S(=O)(=O)N(C)C[C@@H]2Oc3ccc(NC(=O)CCN4CCOCC4)cc3CC(=O)N([C@@H](C)CO)C[C@@H]2C)cc1. The highest BCUT2D eigenvalue weighted by Gasteiger charge is 2.33. The predicted octanol–water partition coefficient (Wildman–Crippen LogP) is 2.13. The molecular weight excluding hydrogens is 572 g/mol. The standard InChI is InChI=1S/C31H44N4O7S/c1-22-5-8-27(9-6-22)43(39,40)33(4)20-29-23(2)19-35(24(3)21-36)31(38)18-25-17-26(7-10-28(25)42-29)32-30(37)11-12-34-13-15-41-16-14-34/h5-10,17,23-24,29,36H,11-16,18-21H2,1-4H3,(H,32,37)/t23-,24-,29-/m0/s1. The lowest BCUT2D eigenvalue weighted by Gasteiger charge is -2.33. The number of nitrogens with zero attached hydrogens (tertiary/aromatic N) is 3. The number of nitrogens with one attached hydrogen (secondary N) is 1. The Balaban J connectivity index is 1.56. The fourth-order valence-electron chi connectivity index (χ4n) is 5.27. The third-order valence-corrected chi connectivity index (χ3v) is 9.96. The van der Waals surface area contributed by atoms with Crippen molar-refractivity contribution < 1.29 is 32.6 Å². The number of benzene rings is 2. The summed E-state index contributed by atoms with van der Waals surface area (Å²) in [6.07, 6.45) is -0.263. The minimum absolute atomic E-state index is 0.00804. The molecule has 0 unspecified atom stereocenters. The molecule has 0 aromatic heterocycles. The van der Waals surface area contributed by atoms with Crippen molar-refractivity contribution in [2.45, 2.75) is 50.7 Å². The number of aryl methyl sites for hydroxylation is 1. The molecule has 2 N–H and O–H groups in total. The average molecular weight is 617 g/mol. The van der Waals surface area contributed by atoms with E-state index >= 15 is 0 Å². The smallest absolute Gasteiger partial charge is 0.242 e. The van der Waals surface area contributed by atoms with Gasteiger partial charge in [0.15, 0.2) is 0 Å². The van der Waals surface area contributed by atoms with Crippen molar-refractivity contribution in [1.29, 1.82) is 0 Å². The second-order valence-electron chi connectivity index (χ2n) is 11.6. The molecule has 2 aliphatic rings. The van der Waals surface area contributed by atoms with E-state index in [1.54, 1.807) is 54.3 Å². The maximum absolute atomic E-state index is 13.5. The molecule has 0 bridgehead atoms. The van der Waals surface area contributed by atoms with Gasteiger partial charge in [-0.25, -0.2) is 8.42 Å². The van der Waals surface area contributed by atoms with E-state index in [0.717, 1.165) is 18.7 Å². The number of morpholine rings is 1. The van der Waals surface area contributed by atoms with Gasteiger partial charge in [-0.2, -0.15) is 4.31 Å². The fourth-order valence-corrected chi connectivity index (χ4v) is 6.46. The summed E-state index contributed by atoms with van der Waals surface area (Å²) in [6.45, 7) is 9.27. The van der Waals surface area contributed by atoms with Crippen molar-refractivity contribution in [1.82, 2.24) is 14.1 Å². The lowest BCUT2D eigenvalue weighted by atomic mass is 10.0. The number of hydrogen-bond acceptors (Lipinski definition) is 8. The van der Waals surface area contributed by atoms with Gasteiger partial charge in [0.2, 0.25) is 21.8 Å². The van der Waals surface area contributed by atoms with E-state index in [0.29, 0.717) is 43.2 Å². The van der Waals surface area contributed by atoms with Crippen LogP contribution in [-0.2, 0) is 30.8 Å². The molecule has 1 fully saturated rings. The molecular formula is C31H44N4O7S. The van der Waals surface area contributed by atoms with Gasteiger partial charge in [0.25, 0.3) is 0 Å². The van der Waals surface area contributed by atoms with Crippen molar-refractivity contribution in [2.75, 3.05) is 64.9 Å². The molecule has 0 aliphatic carbocycles. The highest BCUT2D eigenvalue weighted by Crippen LogP contribution is 2.30. The number of sulfonamides is 1. The number of carbonyl (C=O) groups is 2. The van der Waals surface area contributed by atoms with Crippen LogP contribution in [0, 0.1) is 12.8 Å². The quantitative estimate of drug-likeness (QED) is 0.416. The Labute approximate surface area is 254 Å². The first kappa shape index (κ1) is 32.9. The van der Waals surface area contributed by atoms with E-state index in [1.165, 1.54) is 11.4 Å². The Morgan fingerprint density at radius 3 is 2.53 bits per heavy atom. The molecule has 1 saturated heterocycles. The first-order valence-corrected chi connectivity index (χ1v) is 16.2. The molecule has 0 saturated carbocycles. The molecule has 2 aromatic carbocycles. The molecule has 4 rings (SSSR count). The summed E-state index contributed by atoms with van der Waals surface area (Å²) >= 11 is 0. The largest absolute Gasteiger partial charge is 0.488 e. The van der Waals surface area contributed by atoms with Crippen LogP contribution in [0.3, 0.4) is 0 Å². The molecule has 43 heavy (non-hydrogen) atoms. The molecule has 0 spiro atoms. The van der Waals surface area contributed by atoms with Crippen LogP contribution in [0.4, 0.5) is 5.69 Å². The summed E-state index contributed by atoms with van der Waals surface area (Å²) < 4.78 is 39.9. The third kappa shape index (κ3) is 8.54. The normalized spacial score (nSPS) is 20.9. The number of rotatable bonds is 10. The maximum atomic E-state index is 13.5. The van der Waals surface area contributed by atoms with Crippen LogP contribution in [0.25, 0.3) is 0 Å². The van der Waals surface area contributed by atoms with Gasteiger partial charge in [0.1, 0.15) is 11.9 Å². The Hall–Kier alpha value is -3.03. The van der Waals surface area contributed by atoms with Gasteiger partial charge in [-0.05, 0) is 44.2 Å². The first-order chi connectivity index (χ1) is 20.5. The van der Waals surface area contributed by atoms with Crippen molar-refractivity contribution in [3.63, 3.8) is 0 Å². The number of likely N-dealkylation sites (N-methyl/N-ethyl adjacent to an activating group) is 1. The highest BCUT2D eigenvalue weighted by atomic mass is 32.2. The zero-order valence-corrected chi connectivity index (χ0v) is 26.3. The summed E-state index contributed by atoms with van der Waals surface area (Å²) in [4.78, 5) is 30.2. The highest BCUT2D eigenvalue weighted by molar-refractivity contribution is 7.89. The number of aliphatic hydroxyl groups is 1. The monoisotopic (exact) mass is 616 g/mol. The Morgan fingerprint density at radius 2 is 1.86 bits per heavy atom. The van der Waals surface area contributed by atoms with Crippen molar-refractivity contribution in [3.8, 4) is 5.75 Å². The van der Waals surface area contributed by atoms with Crippen LogP contribution in [0.5, 0.6) is 5.75 Å². The van der Waals surface area contributed by atoms with Crippen molar-refractivity contribution in [2.24, 2.45) is 5.92 Å². The number of fused-ring (bicyclic) bond motifs is 1. The number of amides is 2. The van der Waals surface area contributed by atoms with Crippen LogP contribution < -0.4 is 10.1 Å². The molecule has 2 heterocycles. The Kier molecular flexibility index (Phi) is 11.2. The zero-order valence-electron chi connectivity index (χ0n) is 25.5. The summed E-state index contributed by atoms with van der Waals surface area (Å²) in [7, 11) is -2.27. The number of carbonyl (C=O) groups excluding carboxylic acids is 2. The van der Waals surface area contributed by atoms with Crippen LogP contribution >= 0.6 is 0 Å². The zero-order chi connectivity index (χ0) is 31.1. The van der Waals surface area contributed by atoms with Gasteiger partial charge < -0.3 is 24.8 Å². The summed E-state index contributed by atoms with van der Waals surface area (Å²) in [5.41, 5.74) is 2.09. The topological polar surface area (TPSA) is 129 Å². The van der Waals surface area contributed by atoms with Gasteiger partial charge in [-0.1, -0.05) is 24.6 Å². The van der Waals surface area contributed by atoms with Crippen LogP contribution in [-0.4, -0.2) is 111 Å². The molecule has 11 nitrogen and oxygen atoms in total.